The van der Waals surface area contributed by atoms with E-state index in [1.54, 1.807) is 11.8 Å². The molecular formula is C17H16N2OS. The quantitative estimate of drug-likeness (QED) is 0.590. The van der Waals surface area contributed by atoms with Gasteiger partial charge in [-0.15, -0.1) is 11.8 Å². The number of thioether (sulfide) groups is 1. The van der Waals surface area contributed by atoms with E-state index in [1.165, 1.54) is 0 Å². The molecule has 21 heavy (non-hydrogen) atoms. The molecule has 1 heterocycles. The summed E-state index contributed by atoms with van der Waals surface area (Å²) in [6.45, 7) is 0. The molecule has 2 aromatic carbocycles. The van der Waals surface area contributed by atoms with Crippen LogP contribution in [0.15, 0.2) is 59.6 Å². The number of aliphatic hydroxyl groups excluding tert-OH is 1. The number of aliphatic hydroxyl groups is 1. The van der Waals surface area contributed by atoms with Gasteiger partial charge in [-0.3, -0.25) is 0 Å². The molecule has 3 rings (SSSR count). The number of fused-ring (bicyclic) bond motifs is 1. The number of nitrogens with zero attached hydrogens (tertiary/aromatic N) is 2. The van der Waals surface area contributed by atoms with Gasteiger partial charge >= 0.3 is 0 Å². The second-order valence-corrected chi connectivity index (χ2v) is 5.59. The molecule has 0 unspecified atom stereocenters. The van der Waals surface area contributed by atoms with Crippen LogP contribution in [0, 0.1) is 0 Å². The minimum Gasteiger partial charge on any atom is -0.388 e. The van der Waals surface area contributed by atoms with E-state index in [0.29, 0.717) is 12.2 Å². The Kier molecular flexibility index (Phi) is 4.18. The maximum absolute atomic E-state index is 10.3. The van der Waals surface area contributed by atoms with Crippen molar-refractivity contribution in [2.75, 3.05) is 6.26 Å². The zero-order valence-electron chi connectivity index (χ0n) is 11.7. The van der Waals surface area contributed by atoms with Gasteiger partial charge in [0, 0.05) is 11.8 Å². The number of hydrogen-bond acceptors (Lipinski definition) is 4. The standard InChI is InChI=1S/C17H16N2OS/c1-21-17-13-9-5-6-10-14(13)18-16(19-17)11-15(20)12-7-3-2-4-8-12/h2-10,15,20H,11H2,1H3/t15-/m1/s1. The zero-order valence-corrected chi connectivity index (χ0v) is 12.5. The van der Waals surface area contributed by atoms with Crippen LogP contribution >= 0.6 is 11.8 Å². The SMILES string of the molecule is CSc1nc(C[C@@H](O)c2ccccc2)nc2ccccc12. The van der Waals surface area contributed by atoms with Crippen molar-refractivity contribution in [3.05, 3.63) is 66.0 Å². The molecule has 3 aromatic rings. The van der Waals surface area contributed by atoms with Crippen LogP contribution in [0.4, 0.5) is 0 Å². The molecule has 106 valence electrons. The molecule has 4 heteroatoms. The maximum atomic E-state index is 10.3. The van der Waals surface area contributed by atoms with Crippen LogP contribution in [0.2, 0.25) is 0 Å². The first kappa shape index (κ1) is 14.0. The fraction of sp³-hybridized carbons (Fsp3) is 0.176. The van der Waals surface area contributed by atoms with Crippen molar-refractivity contribution in [3.63, 3.8) is 0 Å². The van der Waals surface area contributed by atoms with Gasteiger partial charge in [0.1, 0.15) is 10.9 Å². The Balaban J connectivity index is 1.94. The van der Waals surface area contributed by atoms with Gasteiger partial charge in [0.15, 0.2) is 0 Å². The second-order valence-electron chi connectivity index (χ2n) is 4.80. The Hall–Kier alpha value is -1.91. The Morgan fingerprint density at radius 3 is 2.48 bits per heavy atom. The molecule has 1 atom stereocenters. The number of rotatable bonds is 4. The first-order valence-electron chi connectivity index (χ1n) is 6.80. The van der Waals surface area contributed by atoms with Crippen molar-refractivity contribution in [1.29, 1.82) is 0 Å². The number of para-hydroxylation sites is 1. The monoisotopic (exact) mass is 296 g/mol. The zero-order chi connectivity index (χ0) is 14.7. The summed E-state index contributed by atoms with van der Waals surface area (Å²) in [6, 6.07) is 17.6. The van der Waals surface area contributed by atoms with Crippen LogP contribution in [0.5, 0.6) is 0 Å². The lowest BCUT2D eigenvalue weighted by Gasteiger charge is -2.11. The van der Waals surface area contributed by atoms with Crippen LogP contribution in [0.25, 0.3) is 10.9 Å². The van der Waals surface area contributed by atoms with Crippen molar-refractivity contribution >= 4 is 22.7 Å². The highest BCUT2D eigenvalue weighted by Crippen LogP contribution is 2.25. The number of benzene rings is 2. The second kappa shape index (κ2) is 6.24. The summed E-state index contributed by atoms with van der Waals surface area (Å²) >= 11 is 1.60. The molecule has 0 amide bonds. The topological polar surface area (TPSA) is 46.0 Å². The largest absolute Gasteiger partial charge is 0.388 e. The van der Waals surface area contributed by atoms with Gasteiger partial charge in [0.05, 0.1) is 11.6 Å². The van der Waals surface area contributed by atoms with Crippen molar-refractivity contribution in [2.24, 2.45) is 0 Å². The Morgan fingerprint density at radius 1 is 1.00 bits per heavy atom. The normalized spacial score (nSPS) is 12.5. The minimum absolute atomic E-state index is 0.419. The van der Waals surface area contributed by atoms with Crippen molar-refractivity contribution in [3.8, 4) is 0 Å². The average molecular weight is 296 g/mol. The highest BCUT2D eigenvalue weighted by molar-refractivity contribution is 7.98. The van der Waals surface area contributed by atoms with E-state index in [9.17, 15) is 5.11 Å². The van der Waals surface area contributed by atoms with Crippen LogP contribution in [0.1, 0.15) is 17.5 Å². The van der Waals surface area contributed by atoms with Crippen LogP contribution in [-0.4, -0.2) is 21.3 Å². The highest BCUT2D eigenvalue weighted by atomic mass is 32.2. The Morgan fingerprint density at radius 2 is 1.71 bits per heavy atom. The molecular weight excluding hydrogens is 280 g/mol. The lowest BCUT2D eigenvalue weighted by molar-refractivity contribution is 0.175. The van der Waals surface area contributed by atoms with Crippen LogP contribution in [-0.2, 0) is 6.42 Å². The predicted molar refractivity (Wildman–Crippen MR) is 86.4 cm³/mol. The van der Waals surface area contributed by atoms with E-state index in [1.807, 2.05) is 60.9 Å². The summed E-state index contributed by atoms with van der Waals surface area (Å²) in [5, 5.41) is 12.3. The van der Waals surface area contributed by atoms with E-state index in [4.69, 9.17) is 0 Å². The fourth-order valence-corrected chi connectivity index (χ4v) is 2.90. The number of hydrogen-bond donors (Lipinski definition) is 1. The van der Waals surface area contributed by atoms with E-state index in [2.05, 4.69) is 9.97 Å². The first-order valence-corrected chi connectivity index (χ1v) is 8.03. The molecule has 3 nitrogen and oxygen atoms in total. The van der Waals surface area contributed by atoms with E-state index in [-0.39, 0.29) is 0 Å². The summed E-state index contributed by atoms with van der Waals surface area (Å²) in [5.41, 5.74) is 1.81. The molecule has 0 radical (unpaired) electrons. The van der Waals surface area contributed by atoms with E-state index < -0.39 is 6.10 Å². The molecule has 0 saturated carbocycles. The van der Waals surface area contributed by atoms with Gasteiger partial charge in [-0.05, 0) is 17.9 Å². The lowest BCUT2D eigenvalue weighted by Crippen LogP contribution is -2.06. The van der Waals surface area contributed by atoms with Crippen LogP contribution in [0.3, 0.4) is 0 Å². The summed E-state index contributed by atoms with van der Waals surface area (Å²) in [7, 11) is 0. The third-order valence-corrected chi connectivity index (χ3v) is 4.07. The highest BCUT2D eigenvalue weighted by Gasteiger charge is 2.12. The average Bonchev–Trinajstić information content (AvgIpc) is 2.55. The van der Waals surface area contributed by atoms with E-state index >= 15 is 0 Å². The molecule has 0 aliphatic carbocycles. The smallest absolute Gasteiger partial charge is 0.133 e. The predicted octanol–water partition coefficient (Wildman–Crippen LogP) is 3.63. The summed E-state index contributed by atoms with van der Waals surface area (Å²) in [5.74, 6) is 0.675. The molecule has 0 fully saturated rings. The molecule has 0 spiro atoms. The summed E-state index contributed by atoms with van der Waals surface area (Å²) in [6.07, 6.45) is 1.84. The van der Waals surface area contributed by atoms with Crippen molar-refractivity contribution in [2.45, 2.75) is 17.6 Å². The molecule has 0 saturated heterocycles. The maximum Gasteiger partial charge on any atom is 0.133 e. The summed E-state index contributed by atoms with van der Waals surface area (Å²) in [4.78, 5) is 9.14. The first-order chi connectivity index (χ1) is 10.3. The van der Waals surface area contributed by atoms with Crippen LogP contribution < -0.4 is 0 Å². The molecule has 0 aliphatic heterocycles. The number of aromatic nitrogens is 2. The van der Waals surface area contributed by atoms with Crippen molar-refractivity contribution < 1.29 is 5.11 Å². The van der Waals surface area contributed by atoms with Gasteiger partial charge < -0.3 is 5.11 Å². The third kappa shape index (κ3) is 3.06. The molecule has 0 aliphatic rings. The fourth-order valence-electron chi connectivity index (χ4n) is 2.31. The van der Waals surface area contributed by atoms with Gasteiger partial charge in [-0.1, -0.05) is 48.5 Å². The summed E-state index contributed by atoms with van der Waals surface area (Å²) < 4.78 is 0. The van der Waals surface area contributed by atoms with Gasteiger partial charge in [0.25, 0.3) is 0 Å². The molecule has 1 N–H and O–H groups in total. The Bertz CT molecular complexity index is 746. The molecule has 1 aromatic heterocycles. The lowest BCUT2D eigenvalue weighted by atomic mass is 10.1. The minimum atomic E-state index is -0.581. The van der Waals surface area contributed by atoms with Gasteiger partial charge in [-0.25, -0.2) is 9.97 Å². The van der Waals surface area contributed by atoms with Gasteiger partial charge in [0.2, 0.25) is 0 Å². The van der Waals surface area contributed by atoms with Gasteiger partial charge in [-0.2, -0.15) is 0 Å². The third-order valence-electron chi connectivity index (χ3n) is 3.37. The Labute approximate surface area is 128 Å². The van der Waals surface area contributed by atoms with E-state index in [0.717, 1.165) is 21.5 Å². The molecule has 0 bridgehead atoms. The van der Waals surface area contributed by atoms with Crippen molar-refractivity contribution in [1.82, 2.24) is 9.97 Å².